The fourth-order valence-corrected chi connectivity index (χ4v) is 1.83. The van der Waals surface area contributed by atoms with Gasteiger partial charge in [-0.25, -0.2) is 4.79 Å². The molecule has 0 aromatic rings. The lowest BCUT2D eigenvalue weighted by molar-refractivity contribution is -0.160. The van der Waals surface area contributed by atoms with Crippen LogP contribution in [-0.2, 0) is 19.1 Å². The van der Waals surface area contributed by atoms with Gasteiger partial charge in [0.15, 0.2) is 0 Å². The molecule has 1 N–H and O–H groups in total. The molecular formula is C11H19NO5. The van der Waals surface area contributed by atoms with E-state index in [-0.39, 0.29) is 18.9 Å². The molecule has 0 aliphatic carbocycles. The summed E-state index contributed by atoms with van der Waals surface area (Å²) in [6, 6.07) is -0.725. The first kappa shape index (κ1) is 13.9. The van der Waals surface area contributed by atoms with E-state index >= 15 is 0 Å². The summed E-state index contributed by atoms with van der Waals surface area (Å²) in [5, 5.41) is 9.56. The van der Waals surface area contributed by atoms with E-state index in [2.05, 4.69) is 4.74 Å². The molecule has 1 aliphatic rings. The zero-order chi connectivity index (χ0) is 13.2. The Bertz CT molecular complexity index is 315. The van der Waals surface area contributed by atoms with E-state index < -0.39 is 23.7 Å². The van der Waals surface area contributed by atoms with Crippen LogP contribution in [-0.4, -0.2) is 60.4 Å². The quantitative estimate of drug-likeness (QED) is 0.681. The maximum absolute atomic E-state index is 12.2. The fourth-order valence-electron chi connectivity index (χ4n) is 1.83. The highest BCUT2D eigenvalue weighted by atomic mass is 16.5. The average Bonchev–Trinajstić information content (AvgIpc) is 2.69. The summed E-state index contributed by atoms with van der Waals surface area (Å²) >= 11 is 0. The molecule has 0 aromatic heterocycles. The zero-order valence-corrected chi connectivity index (χ0v) is 10.6. The minimum atomic E-state index is -1.02. The van der Waals surface area contributed by atoms with Crippen LogP contribution >= 0.6 is 0 Å². The number of esters is 1. The predicted octanol–water partition coefficient (Wildman–Crippen LogP) is -0.454. The SMILES string of the molecule is COC(=O)C1CC(O)CN1C(=O)C(C)(C)OC. The van der Waals surface area contributed by atoms with E-state index in [0.29, 0.717) is 0 Å². The van der Waals surface area contributed by atoms with Crippen LogP contribution in [0.15, 0.2) is 0 Å². The lowest BCUT2D eigenvalue weighted by Crippen LogP contribution is -2.50. The molecule has 6 heteroatoms. The standard InChI is InChI=1S/C11H19NO5/c1-11(2,17-4)10(15)12-6-7(13)5-8(12)9(14)16-3/h7-8,13H,5-6H2,1-4H3. The number of likely N-dealkylation sites (tertiary alicyclic amines) is 1. The summed E-state index contributed by atoms with van der Waals surface area (Å²) in [5.74, 6) is -0.839. The molecule has 0 radical (unpaired) electrons. The lowest BCUT2D eigenvalue weighted by Gasteiger charge is -2.30. The van der Waals surface area contributed by atoms with Gasteiger partial charge in [-0.3, -0.25) is 4.79 Å². The molecular weight excluding hydrogens is 226 g/mol. The number of hydrogen-bond donors (Lipinski definition) is 1. The van der Waals surface area contributed by atoms with Crippen LogP contribution in [0.4, 0.5) is 0 Å². The van der Waals surface area contributed by atoms with Gasteiger partial charge in [-0.2, -0.15) is 0 Å². The van der Waals surface area contributed by atoms with Crippen LogP contribution in [0.1, 0.15) is 20.3 Å². The Kier molecular flexibility index (Phi) is 4.11. The maximum atomic E-state index is 12.2. The van der Waals surface area contributed by atoms with Crippen molar-refractivity contribution in [1.82, 2.24) is 4.90 Å². The van der Waals surface area contributed by atoms with Gasteiger partial charge < -0.3 is 19.5 Å². The number of aliphatic hydroxyl groups excluding tert-OH is 1. The second-order valence-corrected chi connectivity index (χ2v) is 4.60. The molecule has 0 bridgehead atoms. The Balaban J connectivity index is 2.88. The molecule has 1 heterocycles. The van der Waals surface area contributed by atoms with Crippen molar-refractivity contribution in [2.24, 2.45) is 0 Å². The van der Waals surface area contributed by atoms with Crippen molar-refractivity contribution >= 4 is 11.9 Å². The molecule has 0 aromatic carbocycles. The van der Waals surface area contributed by atoms with Crippen molar-refractivity contribution < 1.29 is 24.2 Å². The molecule has 0 saturated carbocycles. The van der Waals surface area contributed by atoms with E-state index in [0.717, 1.165) is 0 Å². The number of hydrogen-bond acceptors (Lipinski definition) is 5. The molecule has 1 amide bonds. The molecule has 2 atom stereocenters. The summed E-state index contributed by atoms with van der Waals surface area (Å²) in [5.41, 5.74) is -1.02. The first-order valence-electron chi connectivity index (χ1n) is 5.45. The molecule has 1 saturated heterocycles. The highest BCUT2D eigenvalue weighted by Gasteiger charge is 2.44. The summed E-state index contributed by atoms with van der Waals surface area (Å²) < 4.78 is 9.71. The van der Waals surface area contributed by atoms with Crippen molar-refractivity contribution in [1.29, 1.82) is 0 Å². The smallest absolute Gasteiger partial charge is 0.328 e. The average molecular weight is 245 g/mol. The number of β-amino-alcohol motifs (C(OH)–C–C–N with tert-alkyl or cyclic N) is 1. The van der Waals surface area contributed by atoms with Crippen LogP contribution in [0.2, 0.25) is 0 Å². The van der Waals surface area contributed by atoms with Crippen molar-refractivity contribution in [3.8, 4) is 0 Å². The van der Waals surface area contributed by atoms with Gasteiger partial charge in [0.05, 0.1) is 13.2 Å². The van der Waals surface area contributed by atoms with Gasteiger partial charge in [-0.05, 0) is 13.8 Å². The molecule has 6 nitrogen and oxygen atoms in total. The van der Waals surface area contributed by atoms with E-state index in [1.807, 2.05) is 0 Å². The number of carbonyl (C=O) groups excluding carboxylic acids is 2. The fraction of sp³-hybridized carbons (Fsp3) is 0.818. The van der Waals surface area contributed by atoms with Crippen LogP contribution in [0.5, 0.6) is 0 Å². The van der Waals surface area contributed by atoms with Gasteiger partial charge in [-0.15, -0.1) is 0 Å². The summed E-state index contributed by atoms with van der Waals surface area (Å²) in [6.45, 7) is 3.37. The molecule has 98 valence electrons. The minimum Gasteiger partial charge on any atom is -0.467 e. The minimum absolute atomic E-state index is 0.130. The second-order valence-electron chi connectivity index (χ2n) is 4.60. The number of aliphatic hydroxyl groups is 1. The monoisotopic (exact) mass is 245 g/mol. The van der Waals surface area contributed by atoms with Crippen molar-refractivity contribution in [3.05, 3.63) is 0 Å². The number of ether oxygens (including phenoxy) is 2. The topological polar surface area (TPSA) is 76.1 Å². The van der Waals surface area contributed by atoms with Gasteiger partial charge in [0, 0.05) is 20.1 Å². The summed E-state index contributed by atoms with van der Waals surface area (Å²) in [7, 11) is 2.69. The van der Waals surface area contributed by atoms with E-state index in [1.54, 1.807) is 13.8 Å². The van der Waals surface area contributed by atoms with E-state index in [1.165, 1.54) is 19.1 Å². The first-order chi connectivity index (χ1) is 7.83. The largest absolute Gasteiger partial charge is 0.467 e. The molecule has 1 fully saturated rings. The number of amides is 1. The third-order valence-corrected chi connectivity index (χ3v) is 3.04. The first-order valence-corrected chi connectivity index (χ1v) is 5.45. The van der Waals surface area contributed by atoms with Crippen LogP contribution in [0.3, 0.4) is 0 Å². The van der Waals surface area contributed by atoms with Crippen LogP contribution < -0.4 is 0 Å². The Labute approximate surface area is 100 Å². The number of carbonyl (C=O) groups is 2. The normalized spacial score (nSPS) is 24.9. The molecule has 2 unspecified atom stereocenters. The second kappa shape index (κ2) is 5.01. The van der Waals surface area contributed by atoms with Gasteiger partial charge in [0.2, 0.25) is 0 Å². The molecule has 1 aliphatic heterocycles. The van der Waals surface area contributed by atoms with Crippen molar-refractivity contribution in [2.75, 3.05) is 20.8 Å². The van der Waals surface area contributed by atoms with Gasteiger partial charge >= 0.3 is 5.97 Å². The number of nitrogens with zero attached hydrogens (tertiary/aromatic N) is 1. The predicted molar refractivity (Wildman–Crippen MR) is 59.2 cm³/mol. The van der Waals surface area contributed by atoms with Gasteiger partial charge in [-0.1, -0.05) is 0 Å². The van der Waals surface area contributed by atoms with E-state index in [4.69, 9.17) is 4.74 Å². The van der Waals surface area contributed by atoms with Crippen molar-refractivity contribution in [2.45, 2.75) is 38.0 Å². The van der Waals surface area contributed by atoms with Crippen LogP contribution in [0, 0.1) is 0 Å². The Hall–Kier alpha value is -1.14. The van der Waals surface area contributed by atoms with Crippen LogP contribution in [0.25, 0.3) is 0 Å². The third-order valence-electron chi connectivity index (χ3n) is 3.04. The maximum Gasteiger partial charge on any atom is 0.328 e. The highest BCUT2D eigenvalue weighted by molar-refractivity contribution is 5.89. The highest BCUT2D eigenvalue weighted by Crippen LogP contribution is 2.23. The Morgan fingerprint density at radius 3 is 2.41 bits per heavy atom. The molecule has 1 rings (SSSR count). The molecule has 17 heavy (non-hydrogen) atoms. The Morgan fingerprint density at radius 2 is 1.94 bits per heavy atom. The summed E-state index contributed by atoms with van der Waals surface area (Å²) in [4.78, 5) is 25.0. The summed E-state index contributed by atoms with van der Waals surface area (Å²) in [6.07, 6.45) is -0.492. The Morgan fingerprint density at radius 1 is 1.35 bits per heavy atom. The number of rotatable bonds is 3. The van der Waals surface area contributed by atoms with Gasteiger partial charge in [0.1, 0.15) is 11.6 Å². The number of methoxy groups -OCH3 is 2. The zero-order valence-electron chi connectivity index (χ0n) is 10.6. The molecule has 0 spiro atoms. The van der Waals surface area contributed by atoms with E-state index in [9.17, 15) is 14.7 Å². The van der Waals surface area contributed by atoms with Gasteiger partial charge in [0.25, 0.3) is 5.91 Å². The van der Waals surface area contributed by atoms with Crippen molar-refractivity contribution in [3.63, 3.8) is 0 Å². The lowest BCUT2D eigenvalue weighted by atomic mass is 10.1. The third kappa shape index (κ3) is 2.76.